The smallest absolute Gasteiger partial charge is 0.118 e. The van der Waals surface area contributed by atoms with Crippen LogP contribution in [0.2, 0.25) is 0 Å². The number of nitrogens with zero attached hydrogens (tertiary/aromatic N) is 1. The van der Waals surface area contributed by atoms with Crippen molar-refractivity contribution < 1.29 is 4.74 Å². The van der Waals surface area contributed by atoms with E-state index in [0.717, 1.165) is 18.8 Å². The largest absolute Gasteiger partial charge is 0.497 e. The third-order valence-electron chi connectivity index (χ3n) is 3.05. The van der Waals surface area contributed by atoms with Crippen molar-refractivity contribution in [3.05, 3.63) is 29.8 Å². The molecule has 82 valence electrons. The van der Waals surface area contributed by atoms with Gasteiger partial charge in [0, 0.05) is 25.7 Å². The van der Waals surface area contributed by atoms with Gasteiger partial charge < -0.3 is 10.5 Å². The van der Waals surface area contributed by atoms with Crippen LogP contribution < -0.4 is 10.5 Å². The molecule has 1 aromatic carbocycles. The minimum absolute atomic E-state index is 0.569. The van der Waals surface area contributed by atoms with E-state index >= 15 is 0 Å². The Bertz CT molecular complexity index is 310. The zero-order valence-corrected chi connectivity index (χ0v) is 9.15. The third kappa shape index (κ3) is 2.13. The highest BCUT2D eigenvalue weighted by Gasteiger charge is 2.28. The first kappa shape index (κ1) is 10.5. The van der Waals surface area contributed by atoms with Gasteiger partial charge in [-0.2, -0.15) is 0 Å². The molecule has 0 saturated carbocycles. The lowest BCUT2D eigenvalue weighted by atomic mass is 9.95. The summed E-state index contributed by atoms with van der Waals surface area (Å²) in [6.07, 6.45) is 1.24. The van der Waals surface area contributed by atoms with E-state index in [0.29, 0.717) is 6.04 Å². The Labute approximate surface area is 90.8 Å². The topological polar surface area (TPSA) is 38.5 Å². The molecule has 0 bridgehead atoms. The van der Waals surface area contributed by atoms with Crippen LogP contribution in [0.1, 0.15) is 18.0 Å². The molecule has 0 aromatic heterocycles. The van der Waals surface area contributed by atoms with Gasteiger partial charge in [-0.05, 0) is 24.1 Å². The molecule has 1 fully saturated rings. The highest BCUT2D eigenvalue weighted by molar-refractivity contribution is 5.30. The summed E-state index contributed by atoms with van der Waals surface area (Å²) >= 11 is 0. The number of nitrogens with two attached hydrogens (primary N) is 1. The van der Waals surface area contributed by atoms with Crippen molar-refractivity contribution in [2.45, 2.75) is 12.5 Å². The number of ether oxygens (including phenoxy) is 1. The van der Waals surface area contributed by atoms with Crippen molar-refractivity contribution in [1.82, 2.24) is 4.90 Å². The number of hydrogen-bond acceptors (Lipinski definition) is 3. The van der Waals surface area contributed by atoms with E-state index in [1.54, 1.807) is 7.11 Å². The van der Waals surface area contributed by atoms with Gasteiger partial charge in [-0.25, -0.2) is 0 Å². The summed E-state index contributed by atoms with van der Waals surface area (Å²) in [6, 6.07) is 8.90. The average molecular weight is 206 g/mol. The predicted molar refractivity (Wildman–Crippen MR) is 61.0 cm³/mol. The van der Waals surface area contributed by atoms with Crippen LogP contribution >= 0.6 is 0 Å². The molecule has 0 radical (unpaired) electrons. The SMILES string of the molecule is COc1ccc(C2CCN2CCN)cc1. The molecule has 15 heavy (non-hydrogen) atoms. The normalized spacial score (nSPS) is 21.1. The van der Waals surface area contributed by atoms with Crippen LogP contribution in [0.4, 0.5) is 0 Å². The molecule has 2 rings (SSSR count). The summed E-state index contributed by atoms with van der Waals surface area (Å²) in [6.45, 7) is 2.91. The van der Waals surface area contributed by atoms with E-state index in [9.17, 15) is 0 Å². The van der Waals surface area contributed by atoms with Crippen molar-refractivity contribution >= 4 is 0 Å². The highest BCUT2D eigenvalue weighted by Crippen LogP contribution is 2.33. The molecule has 1 unspecified atom stereocenters. The van der Waals surface area contributed by atoms with E-state index in [2.05, 4.69) is 17.0 Å². The predicted octanol–water partition coefficient (Wildman–Crippen LogP) is 1.40. The van der Waals surface area contributed by atoms with Gasteiger partial charge in [0.2, 0.25) is 0 Å². The summed E-state index contributed by atoms with van der Waals surface area (Å²) < 4.78 is 5.14. The molecule has 0 amide bonds. The number of hydrogen-bond donors (Lipinski definition) is 1. The van der Waals surface area contributed by atoms with Gasteiger partial charge >= 0.3 is 0 Å². The maximum absolute atomic E-state index is 5.56. The molecular weight excluding hydrogens is 188 g/mol. The van der Waals surface area contributed by atoms with Crippen molar-refractivity contribution in [2.24, 2.45) is 5.73 Å². The van der Waals surface area contributed by atoms with Crippen LogP contribution in [-0.2, 0) is 0 Å². The molecule has 0 spiro atoms. The Balaban J connectivity index is 2.03. The molecule has 1 aliphatic heterocycles. The summed E-state index contributed by atoms with van der Waals surface area (Å²) in [5.74, 6) is 0.920. The standard InChI is InChI=1S/C12H18N2O/c1-15-11-4-2-10(3-5-11)12-6-8-14(12)9-7-13/h2-5,12H,6-9,13H2,1H3. The van der Waals surface area contributed by atoms with Crippen LogP contribution in [0.3, 0.4) is 0 Å². The van der Waals surface area contributed by atoms with Gasteiger partial charge in [0.25, 0.3) is 0 Å². The molecule has 2 N–H and O–H groups in total. The first-order valence-electron chi connectivity index (χ1n) is 5.43. The van der Waals surface area contributed by atoms with Gasteiger partial charge in [0.1, 0.15) is 5.75 Å². The zero-order chi connectivity index (χ0) is 10.7. The van der Waals surface area contributed by atoms with E-state index in [4.69, 9.17) is 10.5 Å². The molecule has 3 nitrogen and oxygen atoms in total. The molecule has 1 aliphatic rings. The van der Waals surface area contributed by atoms with Crippen LogP contribution in [0, 0.1) is 0 Å². The van der Waals surface area contributed by atoms with Crippen LogP contribution in [0.5, 0.6) is 5.75 Å². The quantitative estimate of drug-likeness (QED) is 0.809. The highest BCUT2D eigenvalue weighted by atomic mass is 16.5. The van der Waals surface area contributed by atoms with Crippen molar-refractivity contribution in [1.29, 1.82) is 0 Å². The second-order valence-corrected chi connectivity index (χ2v) is 3.90. The summed E-state index contributed by atoms with van der Waals surface area (Å²) in [5.41, 5.74) is 6.93. The lowest BCUT2D eigenvalue weighted by molar-refractivity contribution is 0.0950. The van der Waals surface area contributed by atoms with Crippen molar-refractivity contribution in [3.8, 4) is 5.75 Å². The molecular formula is C12H18N2O. The van der Waals surface area contributed by atoms with Gasteiger partial charge in [0.15, 0.2) is 0 Å². The van der Waals surface area contributed by atoms with E-state index < -0.39 is 0 Å². The maximum atomic E-state index is 5.56. The van der Waals surface area contributed by atoms with Gasteiger partial charge in [0.05, 0.1) is 7.11 Å². The summed E-state index contributed by atoms with van der Waals surface area (Å²) in [5, 5.41) is 0. The minimum Gasteiger partial charge on any atom is -0.497 e. The van der Waals surface area contributed by atoms with E-state index in [1.807, 2.05) is 12.1 Å². The zero-order valence-electron chi connectivity index (χ0n) is 9.15. The van der Waals surface area contributed by atoms with Crippen LogP contribution in [0.25, 0.3) is 0 Å². The fourth-order valence-corrected chi connectivity index (χ4v) is 2.08. The minimum atomic E-state index is 0.569. The first-order chi connectivity index (χ1) is 7.35. The lowest BCUT2D eigenvalue weighted by Gasteiger charge is -2.41. The number of rotatable bonds is 4. The number of likely N-dealkylation sites (tertiary alicyclic amines) is 1. The van der Waals surface area contributed by atoms with Gasteiger partial charge in [-0.1, -0.05) is 12.1 Å². The van der Waals surface area contributed by atoms with Gasteiger partial charge in [-0.15, -0.1) is 0 Å². The summed E-state index contributed by atoms with van der Waals surface area (Å²) in [4.78, 5) is 2.42. The molecule has 3 heteroatoms. The fraction of sp³-hybridized carbons (Fsp3) is 0.500. The molecule has 1 atom stereocenters. The van der Waals surface area contributed by atoms with Gasteiger partial charge in [-0.3, -0.25) is 4.90 Å². The second kappa shape index (κ2) is 4.64. The Morgan fingerprint density at radius 2 is 2.13 bits per heavy atom. The van der Waals surface area contributed by atoms with E-state index in [-0.39, 0.29) is 0 Å². The van der Waals surface area contributed by atoms with Crippen molar-refractivity contribution in [3.63, 3.8) is 0 Å². The molecule has 1 heterocycles. The van der Waals surface area contributed by atoms with Crippen LogP contribution in [-0.4, -0.2) is 31.6 Å². The lowest BCUT2D eigenvalue weighted by Crippen LogP contribution is -2.43. The Morgan fingerprint density at radius 3 is 2.60 bits per heavy atom. The number of benzene rings is 1. The number of methoxy groups -OCH3 is 1. The Morgan fingerprint density at radius 1 is 1.40 bits per heavy atom. The van der Waals surface area contributed by atoms with Crippen molar-refractivity contribution in [2.75, 3.05) is 26.7 Å². The maximum Gasteiger partial charge on any atom is 0.118 e. The molecule has 1 aromatic rings. The Hall–Kier alpha value is -1.06. The second-order valence-electron chi connectivity index (χ2n) is 3.90. The molecule has 1 saturated heterocycles. The fourth-order valence-electron chi connectivity index (χ4n) is 2.08. The third-order valence-corrected chi connectivity index (χ3v) is 3.05. The molecule has 0 aliphatic carbocycles. The summed E-state index contributed by atoms with van der Waals surface area (Å²) in [7, 11) is 1.69. The Kier molecular flexibility index (Phi) is 3.23. The average Bonchev–Trinajstić information content (AvgIpc) is 2.25. The van der Waals surface area contributed by atoms with Crippen LogP contribution in [0.15, 0.2) is 24.3 Å². The van der Waals surface area contributed by atoms with E-state index in [1.165, 1.54) is 18.5 Å². The monoisotopic (exact) mass is 206 g/mol. The first-order valence-corrected chi connectivity index (χ1v) is 5.43.